The summed E-state index contributed by atoms with van der Waals surface area (Å²) in [7, 11) is -2.60. The number of benzene rings is 3. The van der Waals surface area contributed by atoms with Crippen molar-refractivity contribution >= 4 is 27.8 Å². The molecule has 1 amide bonds. The standard InChI is InChI=1S/C26H29N3O4S/c1-19(2)22-13-11-21(12-14-22)17-27-28-26(30)18-29(24-7-5-6-8-25(24)33-4)34(31,32)23-15-9-20(3)10-16-23/h5-17,19H,18H2,1-4H3,(H,28,30)/b27-17-. The highest BCUT2D eigenvalue weighted by atomic mass is 32.2. The number of anilines is 1. The molecule has 7 nitrogen and oxygen atoms in total. The molecule has 0 saturated heterocycles. The van der Waals surface area contributed by atoms with Gasteiger partial charge in [0.1, 0.15) is 12.3 Å². The number of ether oxygens (including phenoxy) is 1. The first kappa shape index (κ1) is 25.0. The number of hydrogen-bond acceptors (Lipinski definition) is 5. The molecule has 34 heavy (non-hydrogen) atoms. The Morgan fingerprint density at radius 2 is 1.68 bits per heavy atom. The number of aryl methyl sites for hydroxylation is 1. The van der Waals surface area contributed by atoms with Crippen LogP contribution in [0.3, 0.4) is 0 Å². The first-order chi connectivity index (χ1) is 16.2. The summed E-state index contributed by atoms with van der Waals surface area (Å²) in [6.07, 6.45) is 1.52. The fourth-order valence-electron chi connectivity index (χ4n) is 3.28. The Kier molecular flexibility index (Phi) is 8.07. The van der Waals surface area contributed by atoms with Crippen molar-refractivity contribution in [1.82, 2.24) is 5.43 Å². The maximum Gasteiger partial charge on any atom is 0.264 e. The smallest absolute Gasteiger partial charge is 0.264 e. The van der Waals surface area contributed by atoms with Crippen LogP contribution in [0.5, 0.6) is 5.75 Å². The molecular formula is C26H29N3O4S. The molecule has 0 aliphatic heterocycles. The number of amides is 1. The van der Waals surface area contributed by atoms with E-state index in [0.717, 1.165) is 15.4 Å². The number of hydrazone groups is 1. The SMILES string of the molecule is COc1ccccc1N(CC(=O)N/N=C\c1ccc(C(C)C)cc1)S(=O)(=O)c1ccc(C)cc1. The summed E-state index contributed by atoms with van der Waals surface area (Å²) < 4.78 is 33.3. The second kappa shape index (κ2) is 11.0. The lowest BCUT2D eigenvalue weighted by Crippen LogP contribution is -2.39. The van der Waals surface area contributed by atoms with Crippen LogP contribution in [0.25, 0.3) is 0 Å². The van der Waals surface area contributed by atoms with Gasteiger partial charge < -0.3 is 4.74 Å². The highest BCUT2D eigenvalue weighted by Crippen LogP contribution is 2.32. The van der Waals surface area contributed by atoms with Gasteiger partial charge in [-0.2, -0.15) is 5.10 Å². The molecule has 3 aromatic rings. The number of hydrogen-bond donors (Lipinski definition) is 1. The number of methoxy groups -OCH3 is 1. The first-order valence-electron chi connectivity index (χ1n) is 10.9. The van der Waals surface area contributed by atoms with Crippen molar-refractivity contribution in [3.8, 4) is 5.75 Å². The van der Waals surface area contributed by atoms with Crippen molar-refractivity contribution in [2.75, 3.05) is 18.0 Å². The predicted molar refractivity (Wildman–Crippen MR) is 135 cm³/mol. The van der Waals surface area contributed by atoms with Gasteiger partial charge in [-0.15, -0.1) is 0 Å². The Morgan fingerprint density at radius 1 is 1.03 bits per heavy atom. The lowest BCUT2D eigenvalue weighted by molar-refractivity contribution is -0.119. The molecule has 3 aromatic carbocycles. The maximum absolute atomic E-state index is 13.5. The molecule has 0 saturated carbocycles. The van der Waals surface area contributed by atoms with Gasteiger partial charge >= 0.3 is 0 Å². The minimum Gasteiger partial charge on any atom is -0.495 e. The highest BCUT2D eigenvalue weighted by molar-refractivity contribution is 7.92. The molecule has 0 fully saturated rings. The second-order valence-corrected chi connectivity index (χ2v) is 9.97. The van der Waals surface area contributed by atoms with E-state index in [1.165, 1.54) is 31.0 Å². The van der Waals surface area contributed by atoms with Gasteiger partial charge in [0.15, 0.2) is 0 Å². The molecule has 0 bridgehead atoms. The quantitative estimate of drug-likeness (QED) is 0.362. The zero-order valence-electron chi connectivity index (χ0n) is 19.7. The summed E-state index contributed by atoms with van der Waals surface area (Å²) in [5.41, 5.74) is 5.63. The average Bonchev–Trinajstić information content (AvgIpc) is 2.83. The van der Waals surface area contributed by atoms with Crippen LogP contribution in [0.15, 0.2) is 82.8 Å². The molecule has 0 spiro atoms. The van der Waals surface area contributed by atoms with Crippen molar-refractivity contribution in [3.63, 3.8) is 0 Å². The predicted octanol–water partition coefficient (Wildman–Crippen LogP) is 4.47. The van der Waals surface area contributed by atoms with Crippen LogP contribution in [0, 0.1) is 6.92 Å². The minimum atomic E-state index is -4.05. The largest absolute Gasteiger partial charge is 0.495 e. The average molecular weight is 480 g/mol. The van der Waals surface area contributed by atoms with E-state index in [0.29, 0.717) is 11.7 Å². The second-order valence-electron chi connectivity index (χ2n) is 8.11. The van der Waals surface area contributed by atoms with E-state index in [9.17, 15) is 13.2 Å². The Hall–Kier alpha value is -3.65. The zero-order valence-corrected chi connectivity index (χ0v) is 20.5. The first-order valence-corrected chi connectivity index (χ1v) is 12.3. The summed E-state index contributed by atoms with van der Waals surface area (Å²) in [5, 5.41) is 3.99. The molecule has 1 N–H and O–H groups in total. The minimum absolute atomic E-state index is 0.0746. The molecule has 0 atom stereocenters. The van der Waals surface area contributed by atoms with Crippen molar-refractivity contribution in [2.24, 2.45) is 5.10 Å². The van der Waals surface area contributed by atoms with Crippen molar-refractivity contribution in [2.45, 2.75) is 31.6 Å². The number of nitrogens with zero attached hydrogens (tertiary/aromatic N) is 2. The molecule has 0 aromatic heterocycles. The molecular weight excluding hydrogens is 450 g/mol. The maximum atomic E-state index is 13.5. The van der Waals surface area contributed by atoms with Crippen LogP contribution >= 0.6 is 0 Å². The van der Waals surface area contributed by atoms with Gasteiger partial charge in [-0.05, 0) is 48.2 Å². The highest BCUT2D eigenvalue weighted by Gasteiger charge is 2.29. The summed E-state index contributed by atoms with van der Waals surface area (Å²) in [6.45, 7) is 5.62. The van der Waals surface area contributed by atoms with Crippen LogP contribution in [-0.2, 0) is 14.8 Å². The van der Waals surface area contributed by atoms with E-state index >= 15 is 0 Å². The fraction of sp³-hybridized carbons (Fsp3) is 0.231. The van der Waals surface area contributed by atoms with Crippen LogP contribution in [-0.4, -0.2) is 34.2 Å². The summed E-state index contributed by atoms with van der Waals surface area (Å²) in [5.74, 6) is 0.165. The Bertz CT molecular complexity index is 1250. The van der Waals surface area contributed by atoms with E-state index in [4.69, 9.17) is 4.74 Å². The molecule has 0 aliphatic rings. The van der Waals surface area contributed by atoms with Crippen LogP contribution in [0.1, 0.15) is 36.5 Å². The van der Waals surface area contributed by atoms with Crippen LogP contribution in [0.2, 0.25) is 0 Å². The number of carbonyl (C=O) groups excluding carboxylic acids is 1. The lowest BCUT2D eigenvalue weighted by Gasteiger charge is -2.25. The van der Waals surface area contributed by atoms with E-state index < -0.39 is 22.5 Å². The Labute approximate surface area is 201 Å². The summed E-state index contributed by atoms with van der Waals surface area (Å²) in [6, 6.07) is 20.9. The van der Waals surface area contributed by atoms with Gasteiger partial charge in [0.25, 0.3) is 15.9 Å². The molecule has 0 aliphatic carbocycles. The van der Waals surface area contributed by atoms with Crippen molar-refractivity contribution in [1.29, 1.82) is 0 Å². The molecule has 0 unspecified atom stereocenters. The number of nitrogens with one attached hydrogen (secondary N) is 1. The van der Waals surface area contributed by atoms with Gasteiger partial charge in [0.2, 0.25) is 0 Å². The van der Waals surface area contributed by atoms with Crippen LogP contribution < -0.4 is 14.5 Å². The van der Waals surface area contributed by atoms with Gasteiger partial charge in [-0.1, -0.05) is 67.9 Å². The number of para-hydroxylation sites is 2. The molecule has 8 heteroatoms. The lowest BCUT2D eigenvalue weighted by atomic mass is 10.0. The van der Waals surface area contributed by atoms with Gasteiger partial charge in [0.05, 0.1) is 23.9 Å². The van der Waals surface area contributed by atoms with Crippen molar-refractivity contribution < 1.29 is 17.9 Å². The summed E-state index contributed by atoms with van der Waals surface area (Å²) >= 11 is 0. The monoisotopic (exact) mass is 479 g/mol. The third-order valence-corrected chi connectivity index (χ3v) is 7.03. The zero-order chi connectivity index (χ0) is 24.7. The van der Waals surface area contributed by atoms with E-state index in [1.54, 1.807) is 36.4 Å². The Morgan fingerprint density at radius 3 is 2.29 bits per heavy atom. The van der Waals surface area contributed by atoms with Gasteiger partial charge in [0, 0.05) is 0 Å². The van der Waals surface area contributed by atoms with E-state index in [1.807, 2.05) is 31.2 Å². The van der Waals surface area contributed by atoms with Gasteiger partial charge in [-0.3, -0.25) is 9.10 Å². The molecule has 0 heterocycles. The molecule has 0 radical (unpaired) electrons. The summed E-state index contributed by atoms with van der Waals surface area (Å²) in [4.78, 5) is 12.8. The number of carbonyl (C=O) groups is 1. The van der Waals surface area contributed by atoms with Crippen molar-refractivity contribution in [3.05, 3.63) is 89.5 Å². The number of sulfonamides is 1. The third-order valence-electron chi connectivity index (χ3n) is 5.26. The molecule has 178 valence electrons. The fourth-order valence-corrected chi connectivity index (χ4v) is 4.72. The van der Waals surface area contributed by atoms with Gasteiger partial charge in [-0.25, -0.2) is 13.8 Å². The van der Waals surface area contributed by atoms with Crippen LogP contribution in [0.4, 0.5) is 5.69 Å². The molecule has 3 rings (SSSR count). The Balaban J connectivity index is 1.84. The topological polar surface area (TPSA) is 88.1 Å². The number of rotatable bonds is 9. The van der Waals surface area contributed by atoms with E-state index in [2.05, 4.69) is 24.4 Å². The third kappa shape index (κ3) is 6.02. The normalized spacial score (nSPS) is 11.6. The van der Waals surface area contributed by atoms with E-state index in [-0.39, 0.29) is 10.6 Å².